The molecule has 4 aromatic rings. The van der Waals surface area contributed by atoms with Crippen LogP contribution in [0.2, 0.25) is 0 Å². The predicted molar refractivity (Wildman–Crippen MR) is 116 cm³/mol. The third-order valence-corrected chi connectivity index (χ3v) is 4.74. The molecule has 8 nitrogen and oxygen atoms in total. The summed E-state index contributed by atoms with van der Waals surface area (Å²) in [7, 11) is 0. The van der Waals surface area contributed by atoms with Crippen LogP contribution in [0.3, 0.4) is 0 Å². The third kappa shape index (κ3) is 4.92. The summed E-state index contributed by atoms with van der Waals surface area (Å²) in [6.45, 7) is 4.34. The highest BCUT2D eigenvalue weighted by atomic mass is 16.6. The van der Waals surface area contributed by atoms with E-state index in [1.807, 2.05) is 62.4 Å². The topological polar surface area (TPSA) is 94.8 Å². The van der Waals surface area contributed by atoms with E-state index in [-0.39, 0.29) is 0 Å². The van der Waals surface area contributed by atoms with Gasteiger partial charge in [-0.2, -0.15) is 4.68 Å². The van der Waals surface area contributed by atoms with Gasteiger partial charge in [0.2, 0.25) is 0 Å². The van der Waals surface area contributed by atoms with E-state index in [0.717, 1.165) is 22.4 Å². The van der Waals surface area contributed by atoms with E-state index in [1.165, 1.54) is 5.56 Å². The fraction of sp³-hybridized carbons (Fsp3) is 0.174. The van der Waals surface area contributed by atoms with Crippen LogP contribution in [-0.2, 0) is 13.0 Å². The minimum absolute atomic E-state index is 0.324. The number of carbonyl (C=O) groups is 1. The zero-order valence-electron chi connectivity index (χ0n) is 17.3. The van der Waals surface area contributed by atoms with Gasteiger partial charge in [0.1, 0.15) is 5.75 Å². The molecule has 4 rings (SSSR count). The Morgan fingerprint density at radius 1 is 1.10 bits per heavy atom. The van der Waals surface area contributed by atoms with Crippen molar-refractivity contribution in [2.45, 2.75) is 26.8 Å². The van der Waals surface area contributed by atoms with Crippen LogP contribution in [0, 0.1) is 6.92 Å². The number of rotatable bonds is 6. The van der Waals surface area contributed by atoms with Crippen LogP contribution < -0.4 is 10.1 Å². The summed E-state index contributed by atoms with van der Waals surface area (Å²) in [6.07, 6.45) is 3.50. The average Bonchev–Trinajstić information content (AvgIpc) is 3.28. The van der Waals surface area contributed by atoms with Crippen LogP contribution in [0.5, 0.6) is 5.75 Å². The lowest BCUT2D eigenvalue weighted by molar-refractivity contribution is 0.200. The van der Waals surface area contributed by atoms with Gasteiger partial charge in [-0.05, 0) is 52.2 Å². The molecule has 8 heteroatoms. The average molecular weight is 414 g/mol. The highest BCUT2D eigenvalue weighted by Crippen LogP contribution is 2.28. The van der Waals surface area contributed by atoms with Crippen LogP contribution in [0.15, 0.2) is 67.0 Å². The lowest BCUT2D eigenvalue weighted by Gasteiger charge is -2.12. The van der Waals surface area contributed by atoms with Crippen molar-refractivity contribution in [2.75, 3.05) is 0 Å². The Hall–Kier alpha value is -4.07. The zero-order valence-corrected chi connectivity index (χ0v) is 17.3. The SMILES string of the molecule is CCc1nnnn1-c1cc(OC(=O)NCc2cccnc2)cc(-c2ccc(C)cc2)c1. The minimum Gasteiger partial charge on any atom is -0.410 e. The Morgan fingerprint density at radius 3 is 2.68 bits per heavy atom. The number of aryl methyl sites for hydroxylation is 2. The number of nitrogens with one attached hydrogen (secondary N) is 1. The molecule has 1 N–H and O–H groups in total. The summed E-state index contributed by atoms with van der Waals surface area (Å²) < 4.78 is 7.23. The molecular weight excluding hydrogens is 392 g/mol. The van der Waals surface area contributed by atoms with E-state index in [9.17, 15) is 4.79 Å². The molecule has 0 bridgehead atoms. The first kappa shape index (κ1) is 20.2. The number of hydrogen-bond donors (Lipinski definition) is 1. The predicted octanol–water partition coefficient (Wildman–Crippen LogP) is 3.88. The maximum Gasteiger partial charge on any atom is 0.412 e. The van der Waals surface area contributed by atoms with Gasteiger partial charge in [-0.15, -0.1) is 5.10 Å². The van der Waals surface area contributed by atoms with Gasteiger partial charge in [-0.1, -0.05) is 42.8 Å². The molecule has 1 amide bonds. The largest absolute Gasteiger partial charge is 0.412 e. The summed E-state index contributed by atoms with van der Waals surface area (Å²) >= 11 is 0. The Bertz CT molecular complexity index is 1170. The molecule has 0 spiro atoms. The highest BCUT2D eigenvalue weighted by molar-refractivity contribution is 5.73. The van der Waals surface area contributed by atoms with Crippen molar-refractivity contribution in [1.82, 2.24) is 30.5 Å². The molecule has 0 fully saturated rings. The lowest BCUT2D eigenvalue weighted by Crippen LogP contribution is -2.26. The Kier molecular flexibility index (Phi) is 5.98. The van der Waals surface area contributed by atoms with Crippen molar-refractivity contribution in [3.63, 3.8) is 0 Å². The van der Waals surface area contributed by atoms with Gasteiger partial charge in [0.15, 0.2) is 5.82 Å². The maximum atomic E-state index is 12.4. The molecule has 156 valence electrons. The number of carbonyl (C=O) groups excluding carboxylic acids is 1. The molecule has 0 atom stereocenters. The minimum atomic E-state index is -0.553. The Balaban J connectivity index is 1.62. The first-order chi connectivity index (χ1) is 15.1. The van der Waals surface area contributed by atoms with Gasteiger partial charge in [0.25, 0.3) is 0 Å². The molecule has 31 heavy (non-hydrogen) atoms. The van der Waals surface area contributed by atoms with Crippen molar-refractivity contribution in [3.05, 3.63) is 83.9 Å². The summed E-state index contributed by atoms with van der Waals surface area (Å²) in [5, 5.41) is 14.7. The van der Waals surface area contributed by atoms with Crippen LogP contribution in [0.4, 0.5) is 4.79 Å². The molecule has 0 radical (unpaired) electrons. The van der Waals surface area contributed by atoms with Gasteiger partial charge >= 0.3 is 6.09 Å². The fourth-order valence-corrected chi connectivity index (χ4v) is 3.12. The molecule has 0 unspecified atom stereocenters. The monoisotopic (exact) mass is 414 g/mol. The quantitative estimate of drug-likeness (QED) is 0.514. The summed E-state index contributed by atoms with van der Waals surface area (Å²) in [5.41, 5.74) is 4.66. The molecular formula is C23H22N6O2. The van der Waals surface area contributed by atoms with Gasteiger partial charge in [0.05, 0.1) is 5.69 Å². The highest BCUT2D eigenvalue weighted by Gasteiger charge is 2.13. The summed E-state index contributed by atoms with van der Waals surface area (Å²) in [6, 6.07) is 17.4. The van der Waals surface area contributed by atoms with E-state index in [1.54, 1.807) is 23.1 Å². The molecule has 0 aliphatic heterocycles. The molecule has 0 saturated carbocycles. The summed E-state index contributed by atoms with van der Waals surface area (Å²) in [4.78, 5) is 16.4. The first-order valence-corrected chi connectivity index (χ1v) is 9.96. The van der Waals surface area contributed by atoms with E-state index in [4.69, 9.17) is 4.74 Å². The molecule has 0 aliphatic carbocycles. The summed E-state index contributed by atoms with van der Waals surface area (Å²) in [5.74, 6) is 1.11. The van der Waals surface area contributed by atoms with Gasteiger partial charge in [0, 0.05) is 31.4 Å². The van der Waals surface area contributed by atoms with E-state index in [2.05, 4.69) is 25.8 Å². The second-order valence-corrected chi connectivity index (χ2v) is 7.05. The van der Waals surface area contributed by atoms with Crippen molar-refractivity contribution in [3.8, 4) is 22.6 Å². The standard InChI is InChI=1S/C23H22N6O2/c1-3-22-26-27-28-29(22)20-11-19(18-8-6-16(2)7-9-18)12-21(13-20)31-23(30)25-15-17-5-4-10-24-14-17/h4-14H,3,15H2,1-2H3,(H,25,30). The lowest BCUT2D eigenvalue weighted by atomic mass is 10.0. The number of tetrazole rings is 1. The molecule has 0 saturated heterocycles. The fourth-order valence-electron chi connectivity index (χ4n) is 3.12. The zero-order chi connectivity index (χ0) is 21.6. The third-order valence-electron chi connectivity index (χ3n) is 4.74. The second kappa shape index (κ2) is 9.17. The van der Waals surface area contributed by atoms with Gasteiger partial charge in [-0.25, -0.2) is 4.79 Å². The second-order valence-electron chi connectivity index (χ2n) is 7.05. The number of benzene rings is 2. The molecule has 2 heterocycles. The number of hydrogen-bond acceptors (Lipinski definition) is 6. The van der Waals surface area contributed by atoms with Crippen molar-refractivity contribution in [1.29, 1.82) is 0 Å². The van der Waals surface area contributed by atoms with E-state index >= 15 is 0 Å². The number of aromatic nitrogens is 5. The maximum absolute atomic E-state index is 12.4. The van der Waals surface area contributed by atoms with Crippen molar-refractivity contribution >= 4 is 6.09 Å². The molecule has 0 aliphatic rings. The van der Waals surface area contributed by atoms with Crippen molar-refractivity contribution < 1.29 is 9.53 Å². The van der Waals surface area contributed by atoms with Crippen LogP contribution >= 0.6 is 0 Å². The number of amides is 1. The normalized spacial score (nSPS) is 10.6. The first-order valence-electron chi connectivity index (χ1n) is 9.96. The van der Waals surface area contributed by atoms with Crippen molar-refractivity contribution in [2.24, 2.45) is 0 Å². The van der Waals surface area contributed by atoms with Crippen LogP contribution in [0.25, 0.3) is 16.8 Å². The Morgan fingerprint density at radius 2 is 1.94 bits per heavy atom. The number of pyridine rings is 1. The van der Waals surface area contributed by atoms with Crippen LogP contribution in [0.1, 0.15) is 23.9 Å². The Labute approximate surface area is 179 Å². The number of nitrogens with zero attached hydrogens (tertiary/aromatic N) is 5. The van der Waals surface area contributed by atoms with E-state index in [0.29, 0.717) is 24.5 Å². The van der Waals surface area contributed by atoms with Gasteiger partial charge < -0.3 is 10.1 Å². The molecule has 2 aromatic carbocycles. The van der Waals surface area contributed by atoms with Crippen LogP contribution in [-0.4, -0.2) is 31.3 Å². The van der Waals surface area contributed by atoms with E-state index < -0.39 is 6.09 Å². The smallest absolute Gasteiger partial charge is 0.410 e. The number of ether oxygens (including phenoxy) is 1. The molecule has 2 aromatic heterocycles. The van der Waals surface area contributed by atoms with Gasteiger partial charge in [-0.3, -0.25) is 4.98 Å².